The molecule has 1 aromatic rings. The topological polar surface area (TPSA) is 122 Å². The van der Waals surface area contributed by atoms with E-state index < -0.39 is 37.1 Å². The van der Waals surface area contributed by atoms with Crippen LogP contribution in [0, 0.1) is 15.9 Å². The van der Waals surface area contributed by atoms with Gasteiger partial charge in [0.1, 0.15) is 4.90 Å². The van der Waals surface area contributed by atoms with Crippen LogP contribution in [0.5, 0.6) is 5.75 Å². The quantitative estimate of drug-likeness (QED) is 0.451. The molecule has 8 nitrogen and oxygen atoms in total. The molecule has 0 aromatic heterocycles. The van der Waals surface area contributed by atoms with E-state index in [0.29, 0.717) is 25.2 Å². The van der Waals surface area contributed by atoms with Crippen molar-refractivity contribution in [3.63, 3.8) is 0 Å². The van der Waals surface area contributed by atoms with Crippen LogP contribution >= 0.6 is 0 Å². The molecule has 0 saturated heterocycles. The summed E-state index contributed by atoms with van der Waals surface area (Å²) in [5.74, 6) is -1.80. The number of sulfonamides is 1. The van der Waals surface area contributed by atoms with Crippen LogP contribution in [0.2, 0.25) is 0 Å². The number of nitro groups is 1. The first-order valence-electron chi connectivity index (χ1n) is 5.40. The molecular weight excluding hydrogens is 295 g/mol. The van der Waals surface area contributed by atoms with Gasteiger partial charge in [-0.05, 0) is 0 Å². The summed E-state index contributed by atoms with van der Waals surface area (Å²) >= 11 is 0. The molecule has 0 radical (unpaired) electrons. The molecule has 0 heterocycles. The van der Waals surface area contributed by atoms with E-state index in [0.717, 1.165) is 0 Å². The molecule has 0 atom stereocenters. The molecular formula is C10H13FN2O6S. The molecule has 0 unspecified atom stereocenters. The Morgan fingerprint density at radius 3 is 2.55 bits per heavy atom. The Bertz CT molecular complexity index is 604. The van der Waals surface area contributed by atoms with Crippen LogP contribution in [0.4, 0.5) is 10.1 Å². The SMILES string of the molecule is COCCCOc1c(F)cc([N+](=O)[O-])cc1S(N)(=O)=O. The summed E-state index contributed by atoms with van der Waals surface area (Å²) in [5, 5.41) is 15.5. The minimum Gasteiger partial charge on any atom is -0.489 e. The van der Waals surface area contributed by atoms with Gasteiger partial charge in [-0.15, -0.1) is 0 Å². The van der Waals surface area contributed by atoms with Gasteiger partial charge in [0.2, 0.25) is 10.0 Å². The Morgan fingerprint density at radius 2 is 2.05 bits per heavy atom. The Kier molecular flexibility index (Phi) is 5.36. The molecule has 20 heavy (non-hydrogen) atoms. The predicted molar refractivity (Wildman–Crippen MR) is 66.4 cm³/mol. The molecule has 1 aromatic carbocycles. The minimum atomic E-state index is -4.36. The average Bonchev–Trinajstić information content (AvgIpc) is 2.34. The van der Waals surface area contributed by atoms with Crippen molar-refractivity contribution >= 4 is 15.7 Å². The van der Waals surface area contributed by atoms with Gasteiger partial charge in [-0.2, -0.15) is 0 Å². The zero-order chi connectivity index (χ0) is 15.3. The summed E-state index contributed by atoms with van der Waals surface area (Å²) in [6.45, 7) is 0.310. The van der Waals surface area contributed by atoms with Crippen LogP contribution in [-0.2, 0) is 14.8 Å². The Morgan fingerprint density at radius 1 is 1.40 bits per heavy atom. The first kappa shape index (κ1) is 16.3. The fraction of sp³-hybridized carbons (Fsp3) is 0.400. The second-order valence-corrected chi connectivity index (χ2v) is 5.28. The lowest BCUT2D eigenvalue weighted by molar-refractivity contribution is -0.385. The van der Waals surface area contributed by atoms with Crippen LogP contribution in [-0.4, -0.2) is 33.7 Å². The van der Waals surface area contributed by atoms with Crippen molar-refractivity contribution in [1.82, 2.24) is 0 Å². The lowest BCUT2D eigenvalue weighted by Crippen LogP contribution is -2.16. The zero-order valence-corrected chi connectivity index (χ0v) is 11.4. The van der Waals surface area contributed by atoms with Crippen molar-refractivity contribution in [3.8, 4) is 5.75 Å². The number of nitro benzene ring substituents is 1. The number of non-ortho nitro benzene ring substituents is 1. The second kappa shape index (κ2) is 6.59. The van der Waals surface area contributed by atoms with E-state index in [9.17, 15) is 22.9 Å². The van der Waals surface area contributed by atoms with Gasteiger partial charge in [0.05, 0.1) is 17.6 Å². The van der Waals surface area contributed by atoms with Gasteiger partial charge in [-0.25, -0.2) is 17.9 Å². The Balaban J connectivity index is 3.18. The highest BCUT2D eigenvalue weighted by molar-refractivity contribution is 7.89. The number of hydrogen-bond donors (Lipinski definition) is 1. The molecule has 0 aliphatic carbocycles. The number of nitrogens with two attached hydrogens (primary N) is 1. The molecule has 10 heteroatoms. The highest BCUT2D eigenvalue weighted by Crippen LogP contribution is 2.31. The fourth-order valence-corrected chi connectivity index (χ4v) is 2.09. The average molecular weight is 308 g/mol. The van der Waals surface area contributed by atoms with E-state index >= 15 is 0 Å². The molecule has 0 bridgehead atoms. The minimum absolute atomic E-state index is 0.0227. The third-order valence-electron chi connectivity index (χ3n) is 2.25. The first-order valence-corrected chi connectivity index (χ1v) is 6.94. The molecule has 112 valence electrons. The molecule has 0 aliphatic rings. The van der Waals surface area contributed by atoms with Crippen molar-refractivity contribution in [2.24, 2.45) is 5.14 Å². The number of hydrogen-bond acceptors (Lipinski definition) is 6. The monoisotopic (exact) mass is 308 g/mol. The molecule has 0 saturated carbocycles. The van der Waals surface area contributed by atoms with Crippen LogP contribution in [0.1, 0.15) is 6.42 Å². The summed E-state index contributed by atoms with van der Waals surface area (Å²) in [7, 11) is -2.89. The van der Waals surface area contributed by atoms with Crippen molar-refractivity contribution in [3.05, 3.63) is 28.1 Å². The van der Waals surface area contributed by atoms with Crippen molar-refractivity contribution in [1.29, 1.82) is 0 Å². The van der Waals surface area contributed by atoms with Gasteiger partial charge in [-0.1, -0.05) is 0 Å². The summed E-state index contributed by atoms with van der Waals surface area (Å²) in [5.41, 5.74) is -0.726. The second-order valence-electron chi connectivity index (χ2n) is 3.75. The standard InChI is InChI=1S/C10H13FN2O6S/c1-18-3-2-4-19-10-8(11)5-7(13(14)15)6-9(10)20(12,16)17/h5-6H,2-4H2,1H3,(H2,12,16,17). The molecule has 2 N–H and O–H groups in total. The highest BCUT2D eigenvalue weighted by Gasteiger charge is 2.24. The van der Waals surface area contributed by atoms with Gasteiger partial charge in [0, 0.05) is 26.2 Å². The fourth-order valence-electron chi connectivity index (χ4n) is 1.39. The van der Waals surface area contributed by atoms with Crippen LogP contribution < -0.4 is 9.88 Å². The first-order chi connectivity index (χ1) is 9.27. The molecule has 0 amide bonds. The van der Waals surface area contributed by atoms with Gasteiger partial charge < -0.3 is 9.47 Å². The van der Waals surface area contributed by atoms with Crippen molar-refractivity contribution < 1.29 is 27.2 Å². The third kappa shape index (κ3) is 4.11. The van der Waals surface area contributed by atoms with Crippen LogP contribution in [0.3, 0.4) is 0 Å². The van der Waals surface area contributed by atoms with E-state index in [4.69, 9.17) is 14.6 Å². The molecule has 0 spiro atoms. The van der Waals surface area contributed by atoms with Gasteiger partial charge in [0.25, 0.3) is 5.69 Å². The number of ether oxygens (including phenoxy) is 2. The summed E-state index contributed by atoms with van der Waals surface area (Å²) < 4.78 is 46.2. The number of halogens is 1. The highest BCUT2D eigenvalue weighted by atomic mass is 32.2. The summed E-state index contributed by atoms with van der Waals surface area (Å²) in [6.07, 6.45) is 0.386. The molecule has 1 rings (SSSR count). The Labute approximate surface area is 114 Å². The number of methoxy groups -OCH3 is 1. The maximum absolute atomic E-state index is 13.7. The third-order valence-corrected chi connectivity index (χ3v) is 3.17. The maximum atomic E-state index is 13.7. The summed E-state index contributed by atoms with van der Waals surface area (Å²) in [6, 6.07) is 1.23. The van der Waals surface area contributed by atoms with Crippen molar-refractivity contribution in [2.45, 2.75) is 11.3 Å². The summed E-state index contributed by atoms with van der Waals surface area (Å²) in [4.78, 5) is 8.90. The van der Waals surface area contributed by atoms with Crippen LogP contribution in [0.15, 0.2) is 17.0 Å². The predicted octanol–water partition coefficient (Wildman–Crippen LogP) is 0.797. The van der Waals surface area contributed by atoms with E-state index in [1.54, 1.807) is 0 Å². The normalized spacial score (nSPS) is 11.3. The Hall–Kier alpha value is -1.78. The largest absolute Gasteiger partial charge is 0.489 e. The zero-order valence-electron chi connectivity index (χ0n) is 10.5. The van der Waals surface area contributed by atoms with E-state index in [2.05, 4.69) is 0 Å². The molecule has 0 aliphatic heterocycles. The molecule has 0 fully saturated rings. The lowest BCUT2D eigenvalue weighted by atomic mass is 10.3. The van der Waals surface area contributed by atoms with Gasteiger partial charge in [-0.3, -0.25) is 10.1 Å². The number of benzene rings is 1. The number of rotatable bonds is 7. The maximum Gasteiger partial charge on any atom is 0.274 e. The number of primary sulfonamides is 1. The van der Waals surface area contributed by atoms with Gasteiger partial charge in [0.15, 0.2) is 11.6 Å². The lowest BCUT2D eigenvalue weighted by Gasteiger charge is -2.11. The number of nitrogens with zero attached hydrogens (tertiary/aromatic N) is 1. The van der Waals surface area contributed by atoms with E-state index in [-0.39, 0.29) is 6.61 Å². The van der Waals surface area contributed by atoms with E-state index in [1.807, 2.05) is 0 Å². The van der Waals surface area contributed by atoms with Crippen LogP contribution in [0.25, 0.3) is 0 Å². The smallest absolute Gasteiger partial charge is 0.274 e. The van der Waals surface area contributed by atoms with Gasteiger partial charge >= 0.3 is 0 Å². The van der Waals surface area contributed by atoms with E-state index in [1.165, 1.54) is 7.11 Å². The van der Waals surface area contributed by atoms with Crippen molar-refractivity contribution in [2.75, 3.05) is 20.3 Å².